The van der Waals surface area contributed by atoms with Gasteiger partial charge in [0.05, 0.1) is 3.42 Å². The fraction of sp³-hybridized carbons (Fsp3) is 0.412. The van der Waals surface area contributed by atoms with E-state index < -0.39 is 68.6 Å². The number of alkyl halides is 13. The molecular weight excluding hydrogens is 578 g/mol. The van der Waals surface area contributed by atoms with Crippen molar-refractivity contribution >= 4 is 22.6 Å². The highest BCUT2D eigenvalue weighted by molar-refractivity contribution is 14.1. The molecule has 0 radical (unpaired) electrons. The number of allylic oxidation sites excluding steroid dienone is 4. The molecule has 1 aromatic carbocycles. The zero-order valence-electron chi connectivity index (χ0n) is 14.5. The molecule has 0 aliphatic heterocycles. The molecule has 0 N–H and O–H groups in total. The summed E-state index contributed by atoms with van der Waals surface area (Å²) >= 11 is 0.952. The molecule has 0 saturated heterocycles. The van der Waals surface area contributed by atoms with Gasteiger partial charge in [-0.3, -0.25) is 0 Å². The summed E-state index contributed by atoms with van der Waals surface area (Å²) in [5, 5.41) is 0. The topological polar surface area (TPSA) is 0 Å². The van der Waals surface area contributed by atoms with Crippen molar-refractivity contribution in [1.29, 1.82) is 0 Å². The SMILES string of the molecule is Fc1ccccc1C1(I)C=C(C(F)(C(F)(F)F)C(F)(F)C(F)(F)F)C=C(C(F)(F)F)C1. The summed E-state index contributed by atoms with van der Waals surface area (Å²) < 4.78 is 172. The van der Waals surface area contributed by atoms with E-state index in [-0.39, 0.29) is 6.08 Å². The molecule has 31 heavy (non-hydrogen) atoms. The maximum Gasteiger partial charge on any atom is 0.457 e. The predicted molar refractivity (Wildman–Crippen MR) is 89.8 cm³/mol. The van der Waals surface area contributed by atoms with Gasteiger partial charge in [0, 0.05) is 16.7 Å². The first-order valence-electron chi connectivity index (χ1n) is 7.83. The molecule has 0 saturated carbocycles. The molecular formula is C17H8F13I. The van der Waals surface area contributed by atoms with Crippen LogP contribution in [0.4, 0.5) is 57.1 Å². The van der Waals surface area contributed by atoms with Gasteiger partial charge in [0.15, 0.2) is 0 Å². The molecule has 1 aliphatic carbocycles. The van der Waals surface area contributed by atoms with E-state index in [0.717, 1.165) is 40.8 Å². The summed E-state index contributed by atoms with van der Waals surface area (Å²) in [6.45, 7) is 0. The number of rotatable bonds is 3. The highest BCUT2D eigenvalue weighted by Gasteiger charge is 2.82. The van der Waals surface area contributed by atoms with Gasteiger partial charge in [0.2, 0.25) is 0 Å². The summed E-state index contributed by atoms with van der Waals surface area (Å²) in [6, 6.07) is 3.53. The van der Waals surface area contributed by atoms with Crippen molar-refractivity contribution in [3.05, 3.63) is 58.9 Å². The van der Waals surface area contributed by atoms with E-state index in [1.54, 1.807) is 0 Å². The lowest BCUT2D eigenvalue weighted by Crippen LogP contribution is -2.63. The van der Waals surface area contributed by atoms with Crippen molar-refractivity contribution in [2.24, 2.45) is 0 Å². The first-order valence-corrected chi connectivity index (χ1v) is 8.91. The Morgan fingerprint density at radius 2 is 1.29 bits per heavy atom. The summed E-state index contributed by atoms with van der Waals surface area (Å²) in [6.07, 6.45) is -21.9. The molecule has 0 bridgehead atoms. The molecule has 2 atom stereocenters. The van der Waals surface area contributed by atoms with Crippen LogP contribution in [-0.2, 0) is 3.42 Å². The first-order chi connectivity index (χ1) is 13.7. The highest BCUT2D eigenvalue weighted by Crippen LogP contribution is 2.59. The van der Waals surface area contributed by atoms with Gasteiger partial charge in [-0.05, 0) is 18.6 Å². The highest BCUT2D eigenvalue weighted by atomic mass is 127. The van der Waals surface area contributed by atoms with Crippen LogP contribution in [0.25, 0.3) is 0 Å². The van der Waals surface area contributed by atoms with Crippen LogP contribution < -0.4 is 0 Å². The second-order valence-corrected chi connectivity index (χ2v) is 8.44. The lowest BCUT2D eigenvalue weighted by molar-refractivity contribution is -0.371. The van der Waals surface area contributed by atoms with E-state index in [0.29, 0.717) is 6.07 Å². The molecule has 0 spiro atoms. The van der Waals surface area contributed by atoms with Crippen LogP contribution in [0.3, 0.4) is 0 Å². The van der Waals surface area contributed by atoms with Crippen molar-refractivity contribution < 1.29 is 57.1 Å². The molecule has 0 fully saturated rings. The molecule has 0 aromatic heterocycles. The smallest absolute Gasteiger partial charge is 0.221 e. The van der Waals surface area contributed by atoms with Gasteiger partial charge in [0.25, 0.3) is 0 Å². The van der Waals surface area contributed by atoms with Crippen LogP contribution in [0.1, 0.15) is 12.0 Å². The summed E-state index contributed by atoms with van der Waals surface area (Å²) in [7, 11) is 0. The lowest BCUT2D eigenvalue weighted by atomic mass is 9.77. The standard InChI is InChI=1S/C17H8F13I/c18-11-4-2-1-3-10(11)12(31)6-8(5-9(7-12)14(20,21)22)13(19,16(25,26)27)15(23,24)17(28,29)30/h1-6H,7H2. The average Bonchev–Trinajstić information content (AvgIpc) is 2.57. The molecule has 0 amide bonds. The molecule has 1 aliphatic rings. The first kappa shape index (κ1) is 25.8. The van der Waals surface area contributed by atoms with Crippen LogP contribution >= 0.6 is 22.6 Å². The zero-order chi connectivity index (χ0) is 24.3. The third-order valence-electron chi connectivity index (χ3n) is 4.42. The van der Waals surface area contributed by atoms with E-state index in [4.69, 9.17) is 0 Å². The van der Waals surface area contributed by atoms with E-state index in [1.807, 2.05) is 0 Å². The fourth-order valence-electron chi connectivity index (χ4n) is 2.93. The molecule has 1 aromatic rings. The molecule has 2 rings (SSSR count). The Hall–Kier alpha value is -1.48. The molecule has 174 valence electrons. The van der Waals surface area contributed by atoms with Gasteiger partial charge in [-0.15, -0.1) is 0 Å². The Bertz CT molecular complexity index is 906. The largest absolute Gasteiger partial charge is 0.457 e. The predicted octanol–water partition coefficient (Wildman–Crippen LogP) is 7.74. The lowest BCUT2D eigenvalue weighted by Gasteiger charge is -2.40. The van der Waals surface area contributed by atoms with Crippen LogP contribution in [0.5, 0.6) is 0 Å². The molecule has 0 heterocycles. The maximum absolute atomic E-state index is 14.8. The second-order valence-electron chi connectivity index (χ2n) is 6.51. The minimum absolute atomic E-state index is 0.186. The minimum Gasteiger partial charge on any atom is -0.221 e. The third-order valence-corrected chi connectivity index (χ3v) is 5.70. The van der Waals surface area contributed by atoms with Gasteiger partial charge < -0.3 is 0 Å². The third kappa shape index (κ3) is 4.27. The summed E-state index contributed by atoms with van der Waals surface area (Å²) in [5.74, 6) is -8.46. The van der Waals surface area contributed by atoms with E-state index >= 15 is 0 Å². The van der Waals surface area contributed by atoms with Crippen LogP contribution in [0.2, 0.25) is 0 Å². The van der Waals surface area contributed by atoms with Gasteiger partial charge in [-0.25, -0.2) is 8.78 Å². The van der Waals surface area contributed by atoms with E-state index in [2.05, 4.69) is 0 Å². The van der Waals surface area contributed by atoms with Crippen molar-refractivity contribution in [2.75, 3.05) is 0 Å². The number of hydrogen-bond donors (Lipinski definition) is 0. The molecule has 2 unspecified atom stereocenters. The Morgan fingerprint density at radius 1 is 0.774 bits per heavy atom. The van der Waals surface area contributed by atoms with Crippen molar-refractivity contribution in [3.63, 3.8) is 0 Å². The van der Waals surface area contributed by atoms with Gasteiger partial charge >= 0.3 is 30.1 Å². The van der Waals surface area contributed by atoms with Crippen molar-refractivity contribution in [1.82, 2.24) is 0 Å². The number of hydrogen-bond acceptors (Lipinski definition) is 0. The quantitative estimate of drug-likeness (QED) is 0.193. The van der Waals surface area contributed by atoms with Gasteiger partial charge in [0.1, 0.15) is 5.82 Å². The molecule has 14 heteroatoms. The van der Waals surface area contributed by atoms with Crippen LogP contribution in [0.15, 0.2) is 47.6 Å². The zero-order valence-corrected chi connectivity index (χ0v) is 16.6. The Labute approximate surface area is 178 Å². The monoisotopic (exact) mass is 586 g/mol. The Balaban J connectivity index is 2.92. The normalized spacial score (nSPS) is 23.2. The fourth-order valence-corrected chi connectivity index (χ4v) is 4.11. The summed E-state index contributed by atoms with van der Waals surface area (Å²) in [5.41, 5.74) is -12.1. The summed E-state index contributed by atoms with van der Waals surface area (Å²) in [4.78, 5) is 0. The average molecular weight is 586 g/mol. The van der Waals surface area contributed by atoms with E-state index in [9.17, 15) is 57.1 Å². The van der Waals surface area contributed by atoms with Gasteiger partial charge in [-0.2, -0.15) is 48.3 Å². The Morgan fingerprint density at radius 3 is 1.71 bits per heavy atom. The number of halogens is 14. The molecule has 0 nitrogen and oxygen atoms in total. The maximum atomic E-state index is 14.8. The van der Waals surface area contributed by atoms with Crippen molar-refractivity contribution in [2.45, 2.75) is 40.0 Å². The van der Waals surface area contributed by atoms with Crippen LogP contribution in [-0.4, -0.2) is 30.1 Å². The van der Waals surface area contributed by atoms with E-state index in [1.165, 1.54) is 0 Å². The van der Waals surface area contributed by atoms with Crippen molar-refractivity contribution in [3.8, 4) is 0 Å². The number of benzene rings is 1. The minimum atomic E-state index is -7.17. The van der Waals surface area contributed by atoms with Gasteiger partial charge in [-0.1, -0.05) is 46.9 Å². The van der Waals surface area contributed by atoms with Crippen LogP contribution in [0, 0.1) is 5.82 Å². The second kappa shape index (κ2) is 7.54. The Kier molecular flexibility index (Phi) is 6.27.